The Hall–Kier alpha value is -3.73. The van der Waals surface area contributed by atoms with Crippen molar-refractivity contribution in [2.45, 2.75) is 56.1 Å². The minimum absolute atomic E-state index is 0.00121. The fraction of sp³-hybridized carbons (Fsp3) is 0.435. The van der Waals surface area contributed by atoms with Gasteiger partial charge in [-0.1, -0.05) is 0 Å². The van der Waals surface area contributed by atoms with Gasteiger partial charge in [0.2, 0.25) is 11.8 Å². The number of amides is 2. The first-order valence-corrected chi connectivity index (χ1v) is 11.4. The minimum atomic E-state index is -0.667. The van der Waals surface area contributed by atoms with E-state index < -0.39 is 5.54 Å². The van der Waals surface area contributed by atoms with E-state index >= 15 is 0 Å². The molecule has 2 amide bonds. The molecule has 2 saturated carbocycles. The Morgan fingerprint density at radius 3 is 2.50 bits per heavy atom. The lowest BCUT2D eigenvalue weighted by atomic mass is 9.90. The second-order valence-electron chi connectivity index (χ2n) is 9.09. The maximum atomic E-state index is 13.3. The van der Waals surface area contributed by atoms with Crippen LogP contribution in [0.4, 0.5) is 5.82 Å². The number of hydrogen-bond acceptors (Lipinski definition) is 8. The highest BCUT2D eigenvalue weighted by atomic mass is 16.5. The molecule has 0 unspecified atom stereocenters. The van der Waals surface area contributed by atoms with E-state index in [0.717, 1.165) is 44.1 Å². The normalized spacial score (nSPS) is 21.1. The molecule has 6 N–H and O–H groups in total. The van der Waals surface area contributed by atoms with Crippen molar-refractivity contribution in [1.29, 1.82) is 0 Å². The number of rotatable bonds is 6. The highest BCUT2D eigenvalue weighted by Crippen LogP contribution is 2.33. The fourth-order valence-electron chi connectivity index (χ4n) is 4.46. The Labute approximate surface area is 196 Å². The van der Waals surface area contributed by atoms with E-state index in [2.05, 4.69) is 25.7 Å². The van der Waals surface area contributed by atoms with Gasteiger partial charge in [0, 0.05) is 29.9 Å². The number of nitrogens with zero attached hydrogens (tertiary/aromatic N) is 4. The molecule has 178 valence electrons. The van der Waals surface area contributed by atoms with Gasteiger partial charge in [-0.05, 0) is 50.7 Å². The van der Waals surface area contributed by atoms with E-state index in [9.17, 15) is 9.59 Å². The van der Waals surface area contributed by atoms with E-state index in [1.807, 2.05) is 6.07 Å². The lowest BCUT2D eigenvalue weighted by molar-refractivity contribution is -0.124. The maximum absolute atomic E-state index is 13.3. The molecule has 3 aromatic rings. The summed E-state index contributed by atoms with van der Waals surface area (Å²) in [6.45, 7) is 0. The third-order valence-corrected chi connectivity index (χ3v) is 6.71. The molecule has 3 aromatic heterocycles. The van der Waals surface area contributed by atoms with Crippen molar-refractivity contribution in [3.8, 4) is 17.1 Å². The van der Waals surface area contributed by atoms with E-state index in [1.54, 1.807) is 30.0 Å². The Morgan fingerprint density at radius 1 is 1.12 bits per heavy atom. The van der Waals surface area contributed by atoms with Crippen LogP contribution in [0.25, 0.3) is 16.8 Å². The molecule has 2 fully saturated rings. The Kier molecular flexibility index (Phi) is 5.56. The second kappa shape index (κ2) is 8.56. The first-order valence-electron chi connectivity index (χ1n) is 11.4. The molecular formula is C23H28N8O3. The topological polar surface area (TPSA) is 163 Å². The summed E-state index contributed by atoms with van der Waals surface area (Å²) in [6, 6.07) is 5.43. The number of nitrogens with one attached hydrogen (secondary N) is 2. The van der Waals surface area contributed by atoms with Crippen LogP contribution in [0.5, 0.6) is 5.88 Å². The molecule has 11 heteroatoms. The minimum Gasteiger partial charge on any atom is -0.481 e. The van der Waals surface area contributed by atoms with E-state index in [4.69, 9.17) is 16.2 Å². The van der Waals surface area contributed by atoms with Gasteiger partial charge in [0.05, 0.1) is 23.9 Å². The summed E-state index contributed by atoms with van der Waals surface area (Å²) in [7, 11) is 1.54. The van der Waals surface area contributed by atoms with E-state index in [-0.39, 0.29) is 29.7 Å². The molecule has 5 rings (SSSR count). The standard InChI is InChI=1S/C23H28N8O3/c1-34-18-10-13(6-9-26-18)17-11-16(19-20(24)27-12-28-31(17)19)21(32)29-14-2-4-15(5-3-14)30-22(33)23(25)7-8-23/h6,9-12,14-15H,2-5,7-8,25H2,1H3,(H,29,32)(H,30,33)(H2,24,27,28)/t14-,15-. The van der Waals surface area contributed by atoms with Gasteiger partial charge in [-0.2, -0.15) is 5.10 Å². The van der Waals surface area contributed by atoms with Crippen LogP contribution in [0.15, 0.2) is 30.7 Å². The zero-order valence-corrected chi connectivity index (χ0v) is 19.0. The molecule has 0 aromatic carbocycles. The number of fused-ring (bicyclic) bond motifs is 1. The summed E-state index contributed by atoms with van der Waals surface area (Å²) < 4.78 is 6.84. The molecule has 0 atom stereocenters. The average Bonchev–Trinajstić information content (AvgIpc) is 3.47. The third kappa shape index (κ3) is 4.14. The fourth-order valence-corrected chi connectivity index (χ4v) is 4.46. The predicted molar refractivity (Wildman–Crippen MR) is 125 cm³/mol. The lowest BCUT2D eigenvalue weighted by Gasteiger charge is -2.30. The largest absolute Gasteiger partial charge is 0.481 e. The van der Waals surface area contributed by atoms with Gasteiger partial charge in [0.15, 0.2) is 5.82 Å². The van der Waals surface area contributed by atoms with Crippen LogP contribution in [0.2, 0.25) is 0 Å². The molecule has 2 aliphatic rings. The zero-order valence-electron chi connectivity index (χ0n) is 19.0. The molecule has 0 spiro atoms. The summed E-state index contributed by atoms with van der Waals surface area (Å²) in [6.07, 6.45) is 7.58. The van der Waals surface area contributed by atoms with Crippen molar-refractivity contribution in [1.82, 2.24) is 30.2 Å². The van der Waals surface area contributed by atoms with Gasteiger partial charge in [0.25, 0.3) is 5.91 Å². The molecule has 0 aliphatic heterocycles. The highest BCUT2D eigenvalue weighted by Gasteiger charge is 2.46. The van der Waals surface area contributed by atoms with Gasteiger partial charge >= 0.3 is 0 Å². The molecule has 0 saturated heterocycles. The zero-order chi connectivity index (χ0) is 23.9. The van der Waals surface area contributed by atoms with Crippen LogP contribution >= 0.6 is 0 Å². The highest BCUT2D eigenvalue weighted by molar-refractivity contribution is 6.05. The monoisotopic (exact) mass is 464 g/mol. The third-order valence-electron chi connectivity index (χ3n) is 6.71. The number of nitrogens with two attached hydrogens (primary N) is 2. The smallest absolute Gasteiger partial charge is 0.253 e. The lowest BCUT2D eigenvalue weighted by Crippen LogP contribution is -2.49. The molecule has 3 heterocycles. The van der Waals surface area contributed by atoms with Crippen molar-refractivity contribution in [2.75, 3.05) is 12.8 Å². The van der Waals surface area contributed by atoms with Crippen molar-refractivity contribution in [3.63, 3.8) is 0 Å². The van der Waals surface area contributed by atoms with Gasteiger partial charge < -0.3 is 26.8 Å². The van der Waals surface area contributed by atoms with Crippen LogP contribution < -0.4 is 26.8 Å². The van der Waals surface area contributed by atoms with Crippen LogP contribution in [-0.4, -0.2) is 56.1 Å². The number of ether oxygens (including phenoxy) is 1. The SMILES string of the molecule is COc1cc(-c2cc(C(=O)N[C@H]3CC[C@H](NC(=O)C4(N)CC4)CC3)c3c(N)ncnn23)ccn1. The number of carbonyl (C=O) groups excluding carboxylic acids is 2. The number of carbonyl (C=O) groups is 2. The number of anilines is 1. The summed E-state index contributed by atoms with van der Waals surface area (Å²) in [5, 5.41) is 10.5. The molecule has 0 radical (unpaired) electrons. The van der Waals surface area contributed by atoms with Crippen LogP contribution in [0.1, 0.15) is 48.9 Å². The van der Waals surface area contributed by atoms with E-state index in [1.165, 1.54) is 6.33 Å². The van der Waals surface area contributed by atoms with Gasteiger partial charge in [-0.3, -0.25) is 9.59 Å². The van der Waals surface area contributed by atoms with Crippen molar-refractivity contribution in [3.05, 3.63) is 36.3 Å². The number of pyridine rings is 1. The van der Waals surface area contributed by atoms with Gasteiger partial charge in [-0.15, -0.1) is 0 Å². The summed E-state index contributed by atoms with van der Waals surface area (Å²) in [5.74, 6) is 0.370. The van der Waals surface area contributed by atoms with Crippen LogP contribution in [0, 0.1) is 0 Å². The van der Waals surface area contributed by atoms with Gasteiger partial charge in [-0.25, -0.2) is 14.5 Å². The first-order chi connectivity index (χ1) is 16.4. The Morgan fingerprint density at radius 2 is 1.82 bits per heavy atom. The number of methoxy groups -OCH3 is 1. The van der Waals surface area contributed by atoms with Gasteiger partial charge in [0.1, 0.15) is 11.8 Å². The molecule has 34 heavy (non-hydrogen) atoms. The quantitative estimate of drug-likeness (QED) is 0.420. The molecular weight excluding hydrogens is 436 g/mol. The number of hydrogen-bond donors (Lipinski definition) is 4. The Bertz CT molecular complexity index is 1240. The molecule has 0 bridgehead atoms. The van der Waals surface area contributed by atoms with E-state index in [0.29, 0.717) is 22.7 Å². The van der Waals surface area contributed by atoms with Crippen LogP contribution in [0.3, 0.4) is 0 Å². The van der Waals surface area contributed by atoms with Crippen LogP contribution in [-0.2, 0) is 4.79 Å². The predicted octanol–water partition coefficient (Wildman–Crippen LogP) is 1.03. The number of aromatic nitrogens is 4. The summed E-state index contributed by atoms with van der Waals surface area (Å²) in [4.78, 5) is 33.7. The van der Waals surface area contributed by atoms with Crippen molar-refractivity contribution in [2.24, 2.45) is 5.73 Å². The summed E-state index contributed by atoms with van der Waals surface area (Å²) >= 11 is 0. The first kappa shape index (κ1) is 22.1. The molecule has 2 aliphatic carbocycles. The second-order valence-corrected chi connectivity index (χ2v) is 9.09. The molecule has 11 nitrogen and oxygen atoms in total. The van der Waals surface area contributed by atoms with Crippen molar-refractivity contribution < 1.29 is 14.3 Å². The maximum Gasteiger partial charge on any atom is 0.253 e. The number of nitrogen functional groups attached to an aromatic ring is 1. The Balaban J connectivity index is 1.32. The summed E-state index contributed by atoms with van der Waals surface area (Å²) in [5.41, 5.74) is 13.8. The average molecular weight is 465 g/mol. The van der Waals surface area contributed by atoms with Crippen molar-refractivity contribution >= 4 is 23.1 Å².